The standard InChI is InChI=1S/C15H25NOS/c1-2-4-12-6-8-15(11-16,9-7-12)14(17)13-5-3-10-18-13/h3,5,10,12,14,17H,2,4,6-9,11,16H2,1H3. The van der Waals surface area contributed by atoms with Crippen molar-refractivity contribution in [1.82, 2.24) is 0 Å². The fraction of sp³-hybridized carbons (Fsp3) is 0.733. The van der Waals surface area contributed by atoms with Crippen LogP contribution >= 0.6 is 11.3 Å². The monoisotopic (exact) mass is 267 g/mol. The second-order valence-electron chi connectivity index (χ2n) is 5.72. The third kappa shape index (κ3) is 2.79. The van der Waals surface area contributed by atoms with Gasteiger partial charge in [-0.3, -0.25) is 0 Å². The van der Waals surface area contributed by atoms with Crippen LogP contribution in [0, 0.1) is 11.3 Å². The largest absolute Gasteiger partial charge is 0.387 e. The van der Waals surface area contributed by atoms with Gasteiger partial charge in [0.15, 0.2) is 0 Å². The second kappa shape index (κ2) is 6.18. The normalized spacial score (nSPS) is 30.3. The molecule has 0 radical (unpaired) electrons. The molecule has 1 aliphatic rings. The van der Waals surface area contributed by atoms with Crippen LogP contribution in [0.25, 0.3) is 0 Å². The van der Waals surface area contributed by atoms with E-state index >= 15 is 0 Å². The molecule has 1 unspecified atom stereocenters. The van der Waals surface area contributed by atoms with Gasteiger partial charge in [-0.25, -0.2) is 0 Å². The molecular formula is C15H25NOS. The van der Waals surface area contributed by atoms with E-state index in [1.807, 2.05) is 17.5 Å². The van der Waals surface area contributed by atoms with E-state index in [-0.39, 0.29) is 11.5 Å². The summed E-state index contributed by atoms with van der Waals surface area (Å²) in [6, 6.07) is 4.04. The van der Waals surface area contributed by atoms with E-state index in [9.17, 15) is 5.11 Å². The van der Waals surface area contributed by atoms with Crippen LogP contribution in [-0.2, 0) is 0 Å². The highest BCUT2D eigenvalue weighted by atomic mass is 32.1. The van der Waals surface area contributed by atoms with Crippen molar-refractivity contribution in [2.45, 2.75) is 51.6 Å². The number of aliphatic hydroxyl groups excluding tert-OH is 1. The molecule has 0 aromatic carbocycles. The summed E-state index contributed by atoms with van der Waals surface area (Å²) in [7, 11) is 0. The molecule has 2 rings (SSSR count). The topological polar surface area (TPSA) is 46.2 Å². The van der Waals surface area contributed by atoms with Crippen molar-refractivity contribution in [3.63, 3.8) is 0 Å². The van der Waals surface area contributed by atoms with Crippen LogP contribution < -0.4 is 5.73 Å². The van der Waals surface area contributed by atoms with Crippen molar-refractivity contribution in [1.29, 1.82) is 0 Å². The van der Waals surface area contributed by atoms with E-state index in [4.69, 9.17) is 5.73 Å². The lowest BCUT2D eigenvalue weighted by atomic mass is 9.66. The summed E-state index contributed by atoms with van der Waals surface area (Å²) in [5, 5.41) is 12.7. The Hall–Kier alpha value is -0.380. The maximum atomic E-state index is 10.6. The van der Waals surface area contributed by atoms with Gasteiger partial charge in [-0.15, -0.1) is 11.3 Å². The van der Waals surface area contributed by atoms with E-state index in [2.05, 4.69) is 6.92 Å². The third-order valence-corrected chi connectivity index (χ3v) is 5.52. The minimum Gasteiger partial charge on any atom is -0.387 e. The van der Waals surface area contributed by atoms with Crippen molar-refractivity contribution < 1.29 is 5.11 Å². The first kappa shape index (κ1) is 14.0. The molecule has 3 N–H and O–H groups in total. The molecule has 3 heteroatoms. The minimum atomic E-state index is -0.370. The summed E-state index contributed by atoms with van der Waals surface area (Å²) in [5.41, 5.74) is 5.93. The summed E-state index contributed by atoms with van der Waals surface area (Å²) in [6.07, 6.45) is 6.84. The Morgan fingerprint density at radius 2 is 2.22 bits per heavy atom. The van der Waals surface area contributed by atoms with Gasteiger partial charge in [0.05, 0.1) is 6.10 Å². The van der Waals surface area contributed by atoms with Crippen molar-refractivity contribution in [2.24, 2.45) is 17.1 Å². The van der Waals surface area contributed by atoms with Crippen LogP contribution in [0.5, 0.6) is 0 Å². The SMILES string of the molecule is CCCC1CCC(CN)(C(O)c2cccs2)CC1. The van der Waals surface area contributed by atoms with Gasteiger partial charge in [-0.2, -0.15) is 0 Å². The molecule has 0 bridgehead atoms. The predicted molar refractivity (Wildman–Crippen MR) is 77.6 cm³/mol. The molecular weight excluding hydrogens is 242 g/mol. The van der Waals surface area contributed by atoms with Crippen LogP contribution in [0.2, 0.25) is 0 Å². The van der Waals surface area contributed by atoms with Crippen molar-refractivity contribution in [3.8, 4) is 0 Å². The Morgan fingerprint density at radius 1 is 1.50 bits per heavy atom. The molecule has 102 valence electrons. The Balaban J connectivity index is 2.04. The average molecular weight is 267 g/mol. The zero-order valence-corrected chi connectivity index (χ0v) is 12.1. The highest BCUT2D eigenvalue weighted by Gasteiger charge is 2.41. The molecule has 1 atom stereocenters. The highest BCUT2D eigenvalue weighted by molar-refractivity contribution is 7.10. The smallest absolute Gasteiger partial charge is 0.0949 e. The fourth-order valence-corrected chi connectivity index (χ4v) is 4.14. The Morgan fingerprint density at radius 3 is 2.72 bits per heavy atom. The molecule has 2 nitrogen and oxygen atoms in total. The van der Waals surface area contributed by atoms with E-state index in [1.165, 1.54) is 25.7 Å². The Labute approximate surface area is 114 Å². The third-order valence-electron chi connectivity index (χ3n) is 4.60. The average Bonchev–Trinajstić information content (AvgIpc) is 2.93. The van der Waals surface area contributed by atoms with Gasteiger partial charge in [-0.05, 0) is 43.0 Å². The molecule has 1 aromatic rings. The van der Waals surface area contributed by atoms with E-state index in [0.717, 1.165) is 23.6 Å². The molecule has 0 aliphatic heterocycles. The van der Waals surface area contributed by atoms with Gasteiger partial charge in [0, 0.05) is 16.8 Å². The molecule has 0 saturated heterocycles. The van der Waals surface area contributed by atoms with Crippen LogP contribution in [0.3, 0.4) is 0 Å². The second-order valence-corrected chi connectivity index (χ2v) is 6.70. The maximum Gasteiger partial charge on any atom is 0.0949 e. The van der Waals surface area contributed by atoms with E-state index < -0.39 is 0 Å². The number of rotatable bonds is 5. The molecule has 18 heavy (non-hydrogen) atoms. The molecule has 1 fully saturated rings. The molecule has 0 amide bonds. The van der Waals surface area contributed by atoms with Crippen LogP contribution in [0.4, 0.5) is 0 Å². The van der Waals surface area contributed by atoms with Crippen molar-refractivity contribution in [3.05, 3.63) is 22.4 Å². The molecule has 0 spiro atoms. The van der Waals surface area contributed by atoms with Gasteiger partial charge in [0.2, 0.25) is 0 Å². The van der Waals surface area contributed by atoms with Crippen LogP contribution in [-0.4, -0.2) is 11.7 Å². The first-order chi connectivity index (χ1) is 8.72. The fourth-order valence-electron chi connectivity index (χ4n) is 3.29. The Bertz CT molecular complexity index is 341. The number of hydrogen-bond acceptors (Lipinski definition) is 3. The molecule has 1 aliphatic carbocycles. The summed E-state index contributed by atoms with van der Waals surface area (Å²) in [4.78, 5) is 1.08. The summed E-state index contributed by atoms with van der Waals surface area (Å²) in [6.45, 7) is 2.86. The van der Waals surface area contributed by atoms with E-state index in [0.29, 0.717) is 6.54 Å². The summed E-state index contributed by atoms with van der Waals surface area (Å²) in [5.74, 6) is 0.852. The first-order valence-corrected chi connectivity index (χ1v) is 8.01. The highest BCUT2D eigenvalue weighted by Crippen LogP contribution is 2.48. The van der Waals surface area contributed by atoms with Crippen molar-refractivity contribution in [2.75, 3.05) is 6.54 Å². The molecule has 1 saturated carbocycles. The summed E-state index contributed by atoms with van der Waals surface area (Å²) >= 11 is 1.64. The number of aliphatic hydroxyl groups is 1. The number of nitrogens with two attached hydrogens (primary N) is 1. The maximum absolute atomic E-state index is 10.6. The van der Waals surface area contributed by atoms with Gasteiger partial charge in [-0.1, -0.05) is 25.8 Å². The van der Waals surface area contributed by atoms with Gasteiger partial charge >= 0.3 is 0 Å². The molecule has 1 heterocycles. The lowest BCUT2D eigenvalue weighted by Crippen LogP contribution is -2.40. The predicted octanol–water partition coefficient (Wildman–Crippen LogP) is 3.72. The zero-order valence-electron chi connectivity index (χ0n) is 11.3. The lowest BCUT2D eigenvalue weighted by Gasteiger charge is -2.42. The minimum absolute atomic E-state index is 0.0743. The molecule has 1 aromatic heterocycles. The summed E-state index contributed by atoms with van der Waals surface area (Å²) < 4.78 is 0. The zero-order chi connectivity index (χ0) is 13.0. The number of thiophene rings is 1. The van der Waals surface area contributed by atoms with E-state index in [1.54, 1.807) is 11.3 Å². The lowest BCUT2D eigenvalue weighted by molar-refractivity contribution is -0.00858. The van der Waals surface area contributed by atoms with Crippen LogP contribution in [0.15, 0.2) is 17.5 Å². The van der Waals surface area contributed by atoms with Gasteiger partial charge < -0.3 is 10.8 Å². The number of hydrogen-bond donors (Lipinski definition) is 2. The first-order valence-electron chi connectivity index (χ1n) is 7.13. The Kier molecular flexibility index (Phi) is 4.82. The van der Waals surface area contributed by atoms with Crippen molar-refractivity contribution >= 4 is 11.3 Å². The van der Waals surface area contributed by atoms with Crippen LogP contribution in [0.1, 0.15) is 56.4 Å². The quantitative estimate of drug-likeness (QED) is 0.854. The van der Waals surface area contributed by atoms with Gasteiger partial charge in [0.25, 0.3) is 0 Å². The van der Waals surface area contributed by atoms with Gasteiger partial charge in [0.1, 0.15) is 0 Å².